The maximum absolute atomic E-state index is 12.2. The average molecular weight is 302 g/mol. The number of benzene rings is 1. The van der Waals surface area contributed by atoms with E-state index >= 15 is 0 Å². The molecule has 0 aliphatic carbocycles. The zero-order chi connectivity index (χ0) is 14.7. The number of ether oxygens (including phenoxy) is 2. The van der Waals surface area contributed by atoms with Crippen LogP contribution in [-0.4, -0.2) is 29.7 Å². The van der Waals surface area contributed by atoms with Gasteiger partial charge in [-0.2, -0.15) is 8.78 Å². The normalized spacial score (nSPS) is 14.3. The predicted octanol–water partition coefficient (Wildman–Crippen LogP) is 1.34. The van der Waals surface area contributed by atoms with Gasteiger partial charge in [0.2, 0.25) is 0 Å². The Balaban J connectivity index is 2.20. The second kappa shape index (κ2) is 5.91. The zero-order valence-corrected chi connectivity index (χ0v) is 11.1. The number of alkyl halides is 2. The maximum atomic E-state index is 12.2. The molecule has 1 heterocycles. The van der Waals surface area contributed by atoms with Crippen LogP contribution in [0.2, 0.25) is 0 Å². The Morgan fingerprint density at radius 2 is 2.05 bits per heavy atom. The molecule has 1 aromatic carbocycles. The van der Waals surface area contributed by atoms with Crippen LogP contribution in [0.1, 0.15) is 5.56 Å². The highest BCUT2D eigenvalue weighted by Gasteiger charge is 2.36. The number of amides is 2. The van der Waals surface area contributed by atoms with Gasteiger partial charge in [-0.25, -0.2) is 10.1 Å². The minimum Gasteiger partial charge on any atom is -0.493 e. The fraction of sp³-hybridized carbons (Fsp3) is 0.250. The fourth-order valence-corrected chi connectivity index (χ4v) is 2.41. The number of carbonyl (C=O) groups excluding carboxylic acids is 2. The second-order valence-corrected chi connectivity index (χ2v) is 4.88. The maximum Gasteiger partial charge on any atom is 0.512 e. The van der Waals surface area contributed by atoms with Gasteiger partial charge in [-0.3, -0.25) is 4.79 Å². The molecule has 1 N–H and O–H groups in total. The Bertz CT molecular complexity index is 589. The van der Waals surface area contributed by atoms with E-state index in [1.807, 2.05) is 0 Å². The Morgan fingerprint density at radius 3 is 2.60 bits per heavy atom. The van der Waals surface area contributed by atoms with Crippen molar-refractivity contribution >= 4 is 27.4 Å². The average Bonchev–Trinajstić information content (AvgIpc) is 2.69. The summed E-state index contributed by atoms with van der Waals surface area (Å²) < 4.78 is 33.6. The first-order valence-corrected chi connectivity index (χ1v) is 6.32. The molecule has 5 nitrogen and oxygen atoms in total. The van der Waals surface area contributed by atoms with E-state index in [4.69, 9.17) is 4.74 Å². The molecule has 0 radical (unpaired) electrons. The molecule has 0 unspecified atom stereocenters. The summed E-state index contributed by atoms with van der Waals surface area (Å²) in [6.45, 7) is -2.95. The van der Waals surface area contributed by atoms with Gasteiger partial charge >= 0.3 is 17.8 Å². The lowest BCUT2D eigenvalue weighted by Crippen LogP contribution is -2.26. The summed E-state index contributed by atoms with van der Waals surface area (Å²) in [5, 5.41) is 1.72. The highest BCUT2D eigenvalue weighted by Crippen LogP contribution is 2.29. The zero-order valence-electron chi connectivity index (χ0n) is 10.3. The SMILES string of the molecule is COc1cc(CC2=[S+]C(=O)NC2=O)ccc1OC(F)F. The quantitative estimate of drug-likeness (QED) is 0.658. The molecule has 2 amide bonds. The standard InChI is InChI=1S/C12H9F2NO4S/c1-18-8-4-6(2-3-7(8)19-11(13)14)5-9-10(16)15-12(17)20-9/h2-4,11H,5H2,1H3/p+1. The van der Waals surface area contributed by atoms with Crippen molar-refractivity contribution in [2.24, 2.45) is 0 Å². The number of halogens is 2. The molecule has 106 valence electrons. The second-order valence-electron chi connectivity index (χ2n) is 3.81. The molecule has 1 aliphatic heterocycles. The van der Waals surface area contributed by atoms with Crippen molar-refractivity contribution in [3.63, 3.8) is 0 Å². The van der Waals surface area contributed by atoms with Crippen LogP contribution in [0.15, 0.2) is 18.2 Å². The third kappa shape index (κ3) is 3.27. The van der Waals surface area contributed by atoms with Gasteiger partial charge in [-0.05, 0) is 17.7 Å². The third-order valence-corrected chi connectivity index (χ3v) is 3.36. The third-order valence-electron chi connectivity index (χ3n) is 2.49. The molecule has 1 aromatic rings. The molecule has 0 saturated carbocycles. The van der Waals surface area contributed by atoms with Gasteiger partial charge in [-0.1, -0.05) is 6.07 Å². The van der Waals surface area contributed by atoms with Gasteiger partial charge in [0, 0.05) is 0 Å². The van der Waals surface area contributed by atoms with Gasteiger partial charge in [0.15, 0.2) is 11.5 Å². The van der Waals surface area contributed by atoms with Gasteiger partial charge < -0.3 is 9.47 Å². The van der Waals surface area contributed by atoms with Crippen LogP contribution in [0, 0.1) is 0 Å². The molecule has 1 aliphatic rings. The lowest BCUT2D eigenvalue weighted by atomic mass is 10.1. The van der Waals surface area contributed by atoms with E-state index < -0.39 is 17.8 Å². The molecule has 20 heavy (non-hydrogen) atoms. The summed E-state index contributed by atoms with van der Waals surface area (Å²) in [5.41, 5.74) is 0.649. The van der Waals surface area contributed by atoms with Crippen LogP contribution < -0.4 is 14.8 Å². The molecule has 0 saturated heterocycles. The number of methoxy groups -OCH3 is 1. The van der Waals surface area contributed by atoms with Crippen LogP contribution in [0.25, 0.3) is 0 Å². The van der Waals surface area contributed by atoms with Crippen LogP contribution in [-0.2, 0) is 22.6 Å². The van der Waals surface area contributed by atoms with Crippen LogP contribution in [0.5, 0.6) is 11.5 Å². The minimum absolute atomic E-state index is 0.0872. The van der Waals surface area contributed by atoms with Crippen molar-refractivity contribution < 1.29 is 27.8 Å². The minimum atomic E-state index is -2.95. The Kier molecular flexibility index (Phi) is 4.23. The number of carbonyl (C=O) groups is 2. The molecule has 0 fully saturated rings. The van der Waals surface area contributed by atoms with E-state index in [1.165, 1.54) is 25.3 Å². The first-order valence-electron chi connectivity index (χ1n) is 5.50. The van der Waals surface area contributed by atoms with Crippen LogP contribution in [0.3, 0.4) is 0 Å². The first kappa shape index (κ1) is 14.3. The number of nitrogens with one attached hydrogen (secondary N) is 1. The van der Waals surface area contributed by atoms with Crippen molar-refractivity contribution in [2.75, 3.05) is 7.11 Å². The topological polar surface area (TPSA) is 64.6 Å². The van der Waals surface area contributed by atoms with Crippen molar-refractivity contribution in [3.05, 3.63) is 23.8 Å². The van der Waals surface area contributed by atoms with E-state index in [9.17, 15) is 18.4 Å². The Labute approximate surface area is 116 Å². The Morgan fingerprint density at radius 1 is 1.30 bits per heavy atom. The molecule has 0 aromatic heterocycles. The predicted molar refractivity (Wildman–Crippen MR) is 69.2 cm³/mol. The summed E-state index contributed by atoms with van der Waals surface area (Å²) in [6.07, 6.45) is 0.216. The largest absolute Gasteiger partial charge is 0.512 e. The Hall–Kier alpha value is -2.09. The molecule has 8 heteroatoms. The summed E-state index contributed by atoms with van der Waals surface area (Å²) in [6, 6.07) is 4.35. The summed E-state index contributed by atoms with van der Waals surface area (Å²) in [4.78, 5) is 22.8. The van der Waals surface area contributed by atoms with Crippen LogP contribution >= 0.6 is 0 Å². The van der Waals surface area contributed by atoms with Gasteiger partial charge in [0.05, 0.1) is 13.5 Å². The van der Waals surface area contributed by atoms with Gasteiger partial charge in [0.25, 0.3) is 16.2 Å². The highest BCUT2D eigenvalue weighted by atomic mass is 32.1. The summed E-state index contributed by atoms with van der Waals surface area (Å²) >= 11 is 0.822. The lowest BCUT2D eigenvalue weighted by molar-refractivity contribution is -0.113. The van der Waals surface area contributed by atoms with Gasteiger partial charge in [-0.15, -0.1) is 0 Å². The summed E-state index contributed by atoms with van der Waals surface area (Å²) in [7, 11) is 1.32. The van der Waals surface area contributed by atoms with Crippen molar-refractivity contribution in [1.29, 1.82) is 0 Å². The van der Waals surface area contributed by atoms with Crippen molar-refractivity contribution in [1.82, 2.24) is 5.32 Å². The fourth-order valence-electron chi connectivity index (χ4n) is 1.66. The van der Waals surface area contributed by atoms with E-state index in [0.717, 1.165) is 11.4 Å². The molecule has 2 rings (SSSR count). The molecule has 0 atom stereocenters. The number of hydrogen-bond acceptors (Lipinski definition) is 4. The monoisotopic (exact) mass is 302 g/mol. The van der Waals surface area contributed by atoms with E-state index in [2.05, 4.69) is 10.1 Å². The van der Waals surface area contributed by atoms with E-state index in [-0.39, 0.29) is 17.9 Å². The lowest BCUT2D eigenvalue weighted by Gasteiger charge is -2.10. The van der Waals surface area contributed by atoms with E-state index in [0.29, 0.717) is 10.4 Å². The molecular formula is C12H10F2NO4S+. The molecular weight excluding hydrogens is 292 g/mol. The number of imide groups is 1. The van der Waals surface area contributed by atoms with E-state index in [1.54, 1.807) is 0 Å². The molecule has 0 spiro atoms. The van der Waals surface area contributed by atoms with Gasteiger partial charge in [0.1, 0.15) is 0 Å². The van der Waals surface area contributed by atoms with Crippen molar-refractivity contribution in [2.45, 2.75) is 13.0 Å². The highest BCUT2D eigenvalue weighted by molar-refractivity contribution is 7.96. The smallest absolute Gasteiger partial charge is 0.493 e. The van der Waals surface area contributed by atoms with Crippen molar-refractivity contribution in [3.8, 4) is 11.5 Å². The molecule has 0 bridgehead atoms. The first-order chi connectivity index (χ1) is 9.49. The number of rotatable bonds is 5. The van der Waals surface area contributed by atoms with Crippen LogP contribution in [0.4, 0.5) is 13.6 Å². The number of hydrogen-bond donors (Lipinski definition) is 1. The summed E-state index contributed by atoms with van der Waals surface area (Å²) in [5.74, 6) is -0.388.